The van der Waals surface area contributed by atoms with Crippen molar-refractivity contribution in [1.29, 1.82) is 0 Å². The highest BCUT2D eigenvalue weighted by Crippen LogP contribution is 2.26. The molecule has 0 amide bonds. The lowest BCUT2D eigenvalue weighted by Gasteiger charge is -2.35. The number of furan rings is 1. The fourth-order valence-corrected chi connectivity index (χ4v) is 2.27. The van der Waals surface area contributed by atoms with Crippen LogP contribution < -0.4 is 0 Å². The van der Waals surface area contributed by atoms with Crippen LogP contribution in [0, 0.1) is 0 Å². The predicted octanol–water partition coefficient (Wildman–Crippen LogP) is 3.35. The van der Waals surface area contributed by atoms with Gasteiger partial charge in [0.25, 0.3) is 0 Å². The van der Waals surface area contributed by atoms with Gasteiger partial charge in [0.15, 0.2) is 5.76 Å². The van der Waals surface area contributed by atoms with Crippen molar-refractivity contribution in [3.8, 4) is 0 Å². The Hall–Kier alpha value is -0.610. The van der Waals surface area contributed by atoms with Gasteiger partial charge in [0.05, 0.1) is 16.3 Å². The molecule has 1 heterocycles. The minimum Gasteiger partial charge on any atom is -0.460 e. The molecule has 0 bridgehead atoms. The molecule has 0 atom stereocenters. The van der Waals surface area contributed by atoms with Gasteiger partial charge < -0.3 is 4.42 Å². The second kappa shape index (κ2) is 5.15. The molecule has 0 fully saturated rings. The molecule has 16 heavy (non-hydrogen) atoms. The van der Waals surface area contributed by atoms with Crippen LogP contribution in [0.4, 0.5) is 0 Å². The smallest absolute Gasteiger partial charge is 0.218 e. The fourth-order valence-electron chi connectivity index (χ4n) is 1.89. The number of hydrogen-bond acceptors (Lipinski definition) is 3. The largest absolute Gasteiger partial charge is 0.460 e. The molecule has 0 aliphatic heterocycles. The molecule has 0 unspecified atom stereocenters. The molecule has 3 nitrogen and oxygen atoms in total. The quantitative estimate of drug-likeness (QED) is 0.779. The molecule has 4 heteroatoms. The van der Waals surface area contributed by atoms with Crippen LogP contribution in [-0.4, -0.2) is 29.3 Å². The van der Waals surface area contributed by atoms with Crippen LogP contribution in [0.5, 0.6) is 0 Å². The van der Waals surface area contributed by atoms with Crippen molar-refractivity contribution >= 4 is 21.7 Å². The summed E-state index contributed by atoms with van der Waals surface area (Å²) >= 11 is 3.32. The van der Waals surface area contributed by atoms with Crippen molar-refractivity contribution < 1.29 is 9.21 Å². The minimum absolute atomic E-state index is 0.00748. The van der Waals surface area contributed by atoms with Crippen LogP contribution in [0.1, 0.15) is 38.2 Å². The molecule has 1 rings (SSSR count). The van der Waals surface area contributed by atoms with Gasteiger partial charge in [0.2, 0.25) is 5.78 Å². The van der Waals surface area contributed by atoms with Gasteiger partial charge in [0, 0.05) is 0 Å². The van der Waals surface area contributed by atoms with Crippen molar-refractivity contribution in [3.63, 3.8) is 0 Å². The van der Waals surface area contributed by atoms with Crippen molar-refractivity contribution in [1.82, 2.24) is 4.90 Å². The third kappa shape index (κ3) is 2.38. The molecule has 0 saturated carbocycles. The van der Waals surface area contributed by atoms with Gasteiger partial charge in [-0.2, -0.15) is 0 Å². The van der Waals surface area contributed by atoms with Crippen molar-refractivity contribution in [2.75, 3.05) is 13.1 Å². The zero-order valence-corrected chi connectivity index (χ0v) is 11.8. The Morgan fingerprint density at radius 3 is 2.38 bits per heavy atom. The maximum absolute atomic E-state index is 12.3. The first kappa shape index (κ1) is 13.5. The van der Waals surface area contributed by atoms with Gasteiger partial charge in [-0.3, -0.25) is 9.69 Å². The van der Waals surface area contributed by atoms with Gasteiger partial charge >= 0.3 is 0 Å². The van der Waals surface area contributed by atoms with Crippen LogP contribution in [0.2, 0.25) is 0 Å². The van der Waals surface area contributed by atoms with E-state index in [4.69, 9.17) is 4.42 Å². The lowest BCUT2D eigenvalue weighted by atomic mass is 9.95. The van der Waals surface area contributed by atoms with Crippen LogP contribution in [0.15, 0.2) is 21.2 Å². The van der Waals surface area contributed by atoms with Gasteiger partial charge in [0.1, 0.15) is 0 Å². The normalized spacial score (nSPS) is 12.1. The molecule has 0 aliphatic rings. The van der Waals surface area contributed by atoms with E-state index in [1.54, 1.807) is 6.07 Å². The maximum Gasteiger partial charge on any atom is 0.218 e. The van der Waals surface area contributed by atoms with Crippen molar-refractivity contribution in [3.05, 3.63) is 22.6 Å². The van der Waals surface area contributed by atoms with E-state index in [9.17, 15) is 4.79 Å². The van der Waals surface area contributed by atoms with Crippen molar-refractivity contribution in [2.24, 2.45) is 0 Å². The summed E-state index contributed by atoms with van der Waals surface area (Å²) in [6.07, 6.45) is 1.52. The van der Waals surface area contributed by atoms with E-state index in [0.717, 1.165) is 17.6 Å². The van der Waals surface area contributed by atoms with E-state index in [1.807, 2.05) is 13.8 Å². The van der Waals surface area contributed by atoms with Crippen molar-refractivity contribution in [2.45, 2.75) is 33.2 Å². The van der Waals surface area contributed by atoms with Gasteiger partial charge in [-0.15, -0.1) is 0 Å². The molecular formula is C12H18BrNO2. The first-order chi connectivity index (χ1) is 7.45. The first-order valence-corrected chi connectivity index (χ1v) is 6.27. The SMILES string of the molecule is CCN(CC)C(C)(C)C(=O)c1occc1Br. The van der Waals surface area contributed by atoms with Gasteiger partial charge in [-0.1, -0.05) is 13.8 Å². The standard InChI is InChI=1S/C12H18BrNO2/c1-5-14(6-2)12(3,4)11(15)10-9(13)7-8-16-10/h7-8H,5-6H2,1-4H3. The van der Waals surface area contributed by atoms with Crippen LogP contribution in [0.3, 0.4) is 0 Å². The summed E-state index contributed by atoms with van der Waals surface area (Å²) in [5, 5.41) is 0. The summed E-state index contributed by atoms with van der Waals surface area (Å²) in [6, 6.07) is 1.74. The molecule has 1 aromatic heterocycles. The Morgan fingerprint density at radius 2 is 2.00 bits per heavy atom. The average molecular weight is 288 g/mol. The zero-order chi connectivity index (χ0) is 12.3. The summed E-state index contributed by atoms with van der Waals surface area (Å²) in [7, 11) is 0. The van der Waals surface area contributed by atoms with Gasteiger partial charge in [-0.05, 0) is 48.9 Å². The number of carbonyl (C=O) groups excluding carboxylic acids is 1. The molecule has 0 spiro atoms. The summed E-state index contributed by atoms with van der Waals surface area (Å²) in [5.41, 5.74) is -0.538. The minimum atomic E-state index is -0.538. The Morgan fingerprint density at radius 1 is 1.44 bits per heavy atom. The summed E-state index contributed by atoms with van der Waals surface area (Å²) in [5.74, 6) is 0.407. The summed E-state index contributed by atoms with van der Waals surface area (Å²) in [6.45, 7) is 9.64. The molecule has 0 N–H and O–H groups in total. The predicted molar refractivity (Wildman–Crippen MR) is 67.7 cm³/mol. The molecule has 1 aromatic rings. The van der Waals surface area contributed by atoms with E-state index in [2.05, 4.69) is 34.7 Å². The zero-order valence-electron chi connectivity index (χ0n) is 10.2. The second-order valence-electron chi connectivity index (χ2n) is 4.16. The molecule has 0 aliphatic carbocycles. The Labute approximate surface area is 105 Å². The number of Topliss-reactive ketones (excluding diaryl/α,β-unsaturated/α-hetero) is 1. The van der Waals surface area contributed by atoms with E-state index in [1.165, 1.54) is 6.26 Å². The average Bonchev–Trinajstić information content (AvgIpc) is 2.64. The number of ketones is 1. The van der Waals surface area contributed by atoms with E-state index >= 15 is 0 Å². The van der Waals surface area contributed by atoms with E-state index in [-0.39, 0.29) is 5.78 Å². The topological polar surface area (TPSA) is 33.5 Å². The van der Waals surface area contributed by atoms with Crippen LogP contribution in [0.25, 0.3) is 0 Å². The van der Waals surface area contributed by atoms with Crippen LogP contribution in [-0.2, 0) is 0 Å². The number of likely N-dealkylation sites (N-methyl/N-ethyl adjacent to an activating group) is 1. The Kier molecular flexibility index (Phi) is 4.33. The molecular weight excluding hydrogens is 270 g/mol. The molecule has 90 valence electrons. The number of rotatable bonds is 5. The summed E-state index contributed by atoms with van der Waals surface area (Å²) < 4.78 is 5.95. The van der Waals surface area contributed by atoms with Crippen LogP contribution >= 0.6 is 15.9 Å². The second-order valence-corrected chi connectivity index (χ2v) is 5.01. The molecule has 0 radical (unpaired) electrons. The number of nitrogens with zero attached hydrogens (tertiary/aromatic N) is 1. The number of hydrogen-bond donors (Lipinski definition) is 0. The first-order valence-electron chi connectivity index (χ1n) is 5.48. The fraction of sp³-hybridized carbons (Fsp3) is 0.583. The number of halogens is 1. The lowest BCUT2D eigenvalue weighted by Crippen LogP contribution is -2.49. The molecule has 0 aromatic carbocycles. The summed E-state index contributed by atoms with van der Waals surface area (Å²) in [4.78, 5) is 14.5. The molecule has 0 saturated heterocycles. The monoisotopic (exact) mass is 287 g/mol. The number of carbonyl (C=O) groups is 1. The highest BCUT2D eigenvalue weighted by atomic mass is 79.9. The lowest BCUT2D eigenvalue weighted by molar-refractivity contribution is 0.0638. The Balaban J connectivity index is 3.00. The van der Waals surface area contributed by atoms with E-state index < -0.39 is 5.54 Å². The third-order valence-corrected chi connectivity index (χ3v) is 3.56. The third-order valence-electron chi connectivity index (χ3n) is 2.93. The van der Waals surface area contributed by atoms with Gasteiger partial charge in [-0.25, -0.2) is 0 Å². The highest BCUT2D eigenvalue weighted by Gasteiger charge is 2.36. The van der Waals surface area contributed by atoms with E-state index in [0.29, 0.717) is 5.76 Å². The highest BCUT2D eigenvalue weighted by molar-refractivity contribution is 9.10. The Bertz CT molecular complexity index is 367. The maximum atomic E-state index is 12.3.